The highest BCUT2D eigenvalue weighted by molar-refractivity contribution is 5.16. The van der Waals surface area contributed by atoms with Crippen LogP contribution in [0.3, 0.4) is 0 Å². The predicted octanol–water partition coefficient (Wildman–Crippen LogP) is 5.64. The molecular weight excluding hydrogens is 502 g/mol. The quantitative estimate of drug-likeness (QED) is 0.237. The van der Waals surface area contributed by atoms with E-state index in [1.165, 1.54) is 0 Å². The van der Waals surface area contributed by atoms with E-state index in [0.717, 1.165) is 22.3 Å². The molecule has 1 aliphatic rings. The summed E-state index contributed by atoms with van der Waals surface area (Å²) in [6.07, 6.45) is -2.66. The number of ether oxygens (including phenoxy) is 5. The third-order valence-electron chi connectivity index (χ3n) is 6.92. The molecule has 5 atom stereocenters. The van der Waals surface area contributed by atoms with Crippen molar-refractivity contribution in [3.05, 3.63) is 144 Å². The summed E-state index contributed by atoms with van der Waals surface area (Å²) in [5, 5.41) is 0. The molecule has 1 fully saturated rings. The second-order valence-electron chi connectivity index (χ2n) is 9.92. The predicted molar refractivity (Wildman–Crippen MR) is 154 cm³/mol. The fourth-order valence-corrected chi connectivity index (χ4v) is 4.83. The van der Waals surface area contributed by atoms with Gasteiger partial charge in [-0.2, -0.15) is 0 Å². The Balaban J connectivity index is 1.36. The lowest BCUT2D eigenvalue weighted by atomic mass is 9.97. The molecule has 0 spiro atoms. The maximum Gasteiger partial charge on any atom is 0.135 e. The topological polar surface area (TPSA) is 72.2 Å². The van der Waals surface area contributed by atoms with Crippen LogP contribution in [-0.4, -0.2) is 37.3 Å². The second-order valence-corrected chi connectivity index (χ2v) is 9.92. The monoisotopic (exact) mass is 539 g/mol. The number of benzene rings is 4. The van der Waals surface area contributed by atoms with Crippen molar-refractivity contribution >= 4 is 0 Å². The van der Waals surface area contributed by atoms with Crippen LogP contribution in [0.2, 0.25) is 0 Å². The number of hydrogen-bond donors (Lipinski definition) is 1. The SMILES string of the molecule is N[C@@H]1O[C@H](COCc2ccccc2)[C@H](OCc2ccccc2)[C@H](OCc2ccccc2)[C@H]1OCc1ccccc1. The lowest BCUT2D eigenvalue weighted by molar-refractivity contribution is -0.271. The van der Waals surface area contributed by atoms with E-state index in [1.54, 1.807) is 0 Å². The third kappa shape index (κ3) is 8.08. The van der Waals surface area contributed by atoms with Crippen LogP contribution >= 0.6 is 0 Å². The summed E-state index contributed by atoms with van der Waals surface area (Å²) in [4.78, 5) is 0. The maximum atomic E-state index is 6.61. The molecule has 5 rings (SSSR count). The second kappa shape index (κ2) is 14.9. The summed E-state index contributed by atoms with van der Waals surface area (Å²) in [5.74, 6) is 0. The van der Waals surface area contributed by atoms with Crippen molar-refractivity contribution in [3.8, 4) is 0 Å². The fraction of sp³-hybridized carbons (Fsp3) is 0.294. The Morgan fingerprint density at radius 1 is 0.475 bits per heavy atom. The molecule has 6 nitrogen and oxygen atoms in total. The van der Waals surface area contributed by atoms with E-state index >= 15 is 0 Å². The molecule has 0 saturated carbocycles. The van der Waals surface area contributed by atoms with Gasteiger partial charge in [0.15, 0.2) is 0 Å². The number of hydrogen-bond acceptors (Lipinski definition) is 6. The van der Waals surface area contributed by atoms with Crippen molar-refractivity contribution in [2.45, 2.75) is 57.1 Å². The van der Waals surface area contributed by atoms with Gasteiger partial charge < -0.3 is 29.4 Å². The van der Waals surface area contributed by atoms with Gasteiger partial charge in [-0.15, -0.1) is 0 Å². The summed E-state index contributed by atoms with van der Waals surface area (Å²) in [6.45, 7) is 1.94. The minimum absolute atomic E-state index is 0.304. The zero-order chi connectivity index (χ0) is 27.4. The molecule has 0 aliphatic carbocycles. The minimum Gasteiger partial charge on any atom is -0.374 e. The smallest absolute Gasteiger partial charge is 0.135 e. The Kier molecular flexibility index (Phi) is 10.5. The summed E-state index contributed by atoms with van der Waals surface area (Å²) < 4.78 is 32.0. The van der Waals surface area contributed by atoms with Gasteiger partial charge in [-0.05, 0) is 22.3 Å². The van der Waals surface area contributed by atoms with Crippen molar-refractivity contribution in [1.29, 1.82) is 0 Å². The Bertz CT molecular complexity index is 1240. The molecule has 2 N–H and O–H groups in total. The van der Waals surface area contributed by atoms with E-state index < -0.39 is 30.6 Å². The van der Waals surface area contributed by atoms with E-state index in [4.69, 9.17) is 29.4 Å². The summed E-state index contributed by atoms with van der Waals surface area (Å²) in [7, 11) is 0. The average Bonchev–Trinajstić information content (AvgIpc) is 3.01. The zero-order valence-electron chi connectivity index (χ0n) is 22.6. The molecule has 1 heterocycles. The van der Waals surface area contributed by atoms with Gasteiger partial charge in [-0.3, -0.25) is 0 Å². The maximum absolute atomic E-state index is 6.61. The van der Waals surface area contributed by atoms with Gasteiger partial charge in [0.25, 0.3) is 0 Å². The first kappa shape index (κ1) is 28.2. The van der Waals surface area contributed by atoms with Crippen LogP contribution < -0.4 is 5.73 Å². The van der Waals surface area contributed by atoms with Crippen LogP contribution in [0.5, 0.6) is 0 Å². The van der Waals surface area contributed by atoms with E-state index in [2.05, 4.69) is 0 Å². The van der Waals surface area contributed by atoms with E-state index in [9.17, 15) is 0 Å². The lowest BCUT2D eigenvalue weighted by Crippen LogP contribution is -2.63. The Hall–Kier alpha value is -3.36. The van der Waals surface area contributed by atoms with Crippen molar-refractivity contribution in [3.63, 3.8) is 0 Å². The van der Waals surface area contributed by atoms with Crippen molar-refractivity contribution in [2.24, 2.45) is 5.73 Å². The molecule has 0 amide bonds. The number of rotatable bonds is 13. The van der Waals surface area contributed by atoms with Crippen LogP contribution in [0.25, 0.3) is 0 Å². The molecule has 0 bridgehead atoms. The molecule has 1 aliphatic heterocycles. The summed E-state index contributed by atoms with van der Waals surface area (Å²) in [5.41, 5.74) is 10.9. The molecule has 0 unspecified atom stereocenters. The molecule has 0 radical (unpaired) electrons. The highest BCUT2D eigenvalue weighted by Gasteiger charge is 2.47. The van der Waals surface area contributed by atoms with Gasteiger partial charge in [0.1, 0.15) is 30.6 Å². The van der Waals surface area contributed by atoms with Gasteiger partial charge in [0, 0.05) is 0 Å². The highest BCUT2D eigenvalue weighted by Crippen LogP contribution is 2.29. The summed E-state index contributed by atoms with van der Waals surface area (Å²) >= 11 is 0. The Morgan fingerprint density at radius 3 is 1.30 bits per heavy atom. The van der Waals surface area contributed by atoms with Crippen molar-refractivity contribution in [2.75, 3.05) is 6.61 Å². The summed E-state index contributed by atoms with van der Waals surface area (Å²) in [6, 6.07) is 40.2. The van der Waals surface area contributed by atoms with Gasteiger partial charge in [0.2, 0.25) is 0 Å². The van der Waals surface area contributed by atoms with E-state index in [1.807, 2.05) is 121 Å². The lowest BCUT2D eigenvalue weighted by Gasteiger charge is -2.45. The van der Waals surface area contributed by atoms with Crippen LogP contribution in [0.15, 0.2) is 121 Å². The molecule has 0 aromatic heterocycles. The standard InChI is InChI=1S/C34H37NO5/c35-34-33(39-24-29-19-11-4-12-20-29)32(38-23-28-17-9-3-10-18-28)31(37-22-27-15-7-2-8-16-27)30(40-34)25-36-21-26-13-5-1-6-14-26/h1-20,30-34H,21-25,35H2/t30-,31+,32+,33-,34-/m1/s1. The normalized spacial score (nSPS) is 22.7. The molecular formula is C34H37NO5. The molecule has 40 heavy (non-hydrogen) atoms. The number of nitrogens with two attached hydrogens (primary N) is 1. The van der Waals surface area contributed by atoms with E-state index in [0.29, 0.717) is 33.0 Å². The van der Waals surface area contributed by atoms with Crippen molar-refractivity contribution in [1.82, 2.24) is 0 Å². The largest absolute Gasteiger partial charge is 0.374 e. The van der Waals surface area contributed by atoms with Gasteiger partial charge in [0.05, 0.1) is 33.0 Å². The zero-order valence-corrected chi connectivity index (χ0v) is 22.6. The molecule has 208 valence electrons. The van der Waals surface area contributed by atoms with Crippen molar-refractivity contribution < 1.29 is 23.7 Å². The molecule has 4 aromatic rings. The average molecular weight is 540 g/mol. The first-order chi connectivity index (χ1) is 19.8. The molecule has 4 aromatic carbocycles. The van der Waals surface area contributed by atoms with Gasteiger partial charge in [-0.1, -0.05) is 121 Å². The molecule has 6 heteroatoms. The first-order valence-electron chi connectivity index (χ1n) is 13.8. The third-order valence-corrected chi connectivity index (χ3v) is 6.92. The van der Waals surface area contributed by atoms with Crippen LogP contribution in [0.4, 0.5) is 0 Å². The highest BCUT2D eigenvalue weighted by atomic mass is 16.6. The fourth-order valence-electron chi connectivity index (χ4n) is 4.83. The minimum atomic E-state index is -0.716. The first-order valence-corrected chi connectivity index (χ1v) is 13.8. The molecule has 1 saturated heterocycles. The Labute approximate surface area is 236 Å². The Morgan fingerprint density at radius 2 is 0.850 bits per heavy atom. The van der Waals surface area contributed by atoms with E-state index in [-0.39, 0.29) is 0 Å². The van der Waals surface area contributed by atoms with Crippen LogP contribution in [-0.2, 0) is 50.1 Å². The van der Waals surface area contributed by atoms with Crippen LogP contribution in [0.1, 0.15) is 22.3 Å². The van der Waals surface area contributed by atoms with Gasteiger partial charge >= 0.3 is 0 Å². The van der Waals surface area contributed by atoms with Gasteiger partial charge in [-0.25, -0.2) is 0 Å². The van der Waals surface area contributed by atoms with Crippen LogP contribution in [0, 0.1) is 0 Å².